The van der Waals surface area contributed by atoms with E-state index in [1.54, 1.807) is 0 Å². The van der Waals surface area contributed by atoms with E-state index in [1.807, 2.05) is 20.8 Å². The molecular weight excluding hydrogens is 618 g/mol. The highest BCUT2D eigenvalue weighted by molar-refractivity contribution is 7.80. The van der Waals surface area contributed by atoms with Gasteiger partial charge < -0.3 is 24.6 Å². The summed E-state index contributed by atoms with van der Waals surface area (Å²) in [4.78, 5) is 41.7. The molecule has 46 heavy (non-hydrogen) atoms. The number of quaternary nitrogens is 1. The lowest BCUT2D eigenvalue weighted by atomic mass is 9.85. The molecule has 2 fully saturated rings. The van der Waals surface area contributed by atoms with Crippen LogP contribution in [0.15, 0.2) is 0 Å². The van der Waals surface area contributed by atoms with Gasteiger partial charge in [0.1, 0.15) is 12.1 Å². The van der Waals surface area contributed by atoms with Crippen LogP contribution in [-0.4, -0.2) is 103 Å². The number of rotatable bonds is 20. The quantitative estimate of drug-likeness (QED) is 0.0748. The Morgan fingerprint density at radius 1 is 0.978 bits per heavy atom. The molecule has 270 valence electrons. The zero-order valence-corrected chi connectivity index (χ0v) is 30.0. The third-order valence-electron chi connectivity index (χ3n) is 8.76. The molecule has 0 spiro atoms. The Morgan fingerprint density at radius 3 is 1.89 bits per heavy atom. The van der Waals surface area contributed by atoms with Crippen LogP contribution < -0.4 is 15.9 Å². The van der Waals surface area contributed by atoms with E-state index in [-0.39, 0.29) is 32.4 Å². The predicted octanol–water partition coefficient (Wildman–Crippen LogP) is 3.78. The number of hydrogen-bond donors (Lipinski definition) is 3. The van der Waals surface area contributed by atoms with Crippen molar-refractivity contribution in [1.29, 1.82) is 0 Å². The highest BCUT2D eigenvalue weighted by Crippen LogP contribution is 2.30. The first-order valence-corrected chi connectivity index (χ1v) is 18.4. The van der Waals surface area contributed by atoms with E-state index in [1.165, 1.54) is 82.0 Å². The van der Waals surface area contributed by atoms with Gasteiger partial charge in [0.05, 0.1) is 38.8 Å². The Labute approximate surface area is 277 Å². The number of nitrogens with one attached hydrogen (secondary N) is 2. The standard InChI is InChI=1S/C16H36N.C15H26N4O9S/c1-5-9-13-17(14-10-6-2,15-11-7-3)16-12-8-4;1-15(2,3)11(16-13(21)22)6-7-27-17-12(20)10-5-4-9-8-18(10)14(23)19(9)28-29(24,25)26/h5-16H2,1-4H3;9-11,16H,4-8H2,1-3H3,(H,17,20)(H,21,22)(H,24,25,26)/q+1;/p-1/t;9-,10+,11?/m.1/s1. The van der Waals surface area contributed by atoms with Crippen molar-refractivity contribution >= 4 is 28.4 Å². The van der Waals surface area contributed by atoms with Gasteiger partial charge >= 0.3 is 16.4 Å². The van der Waals surface area contributed by atoms with E-state index < -0.39 is 52.0 Å². The number of carboxylic acid groups (broad SMARTS) is 1. The van der Waals surface area contributed by atoms with Crippen LogP contribution in [0.4, 0.5) is 9.59 Å². The number of urea groups is 1. The first-order chi connectivity index (χ1) is 21.5. The highest BCUT2D eigenvalue weighted by Gasteiger charge is 2.49. The Kier molecular flexibility index (Phi) is 18.4. The molecule has 2 bridgehead atoms. The molecular formula is C31H61N5O9S. The molecule has 0 saturated carbocycles. The van der Waals surface area contributed by atoms with Crippen molar-refractivity contribution < 1.29 is 46.1 Å². The maximum Gasteiger partial charge on any atom is 0.418 e. The van der Waals surface area contributed by atoms with Crippen molar-refractivity contribution in [2.24, 2.45) is 5.41 Å². The summed E-state index contributed by atoms with van der Waals surface area (Å²) in [6.07, 6.45) is 10.5. The molecule has 2 aliphatic heterocycles. The van der Waals surface area contributed by atoms with Gasteiger partial charge in [0.25, 0.3) is 5.91 Å². The van der Waals surface area contributed by atoms with E-state index in [2.05, 4.69) is 42.8 Å². The molecule has 4 amide bonds. The topological polar surface area (TPSA) is 178 Å². The SMILES string of the molecule is CC(C)(C)C(CCONC(=O)[C@@H]1CC[C@@H]2CN1C(=O)N2OS(=O)(=O)O)NC(=O)[O-].CCCC[N+](CCCC)(CCCC)CCCC. The van der Waals surface area contributed by atoms with Gasteiger partial charge in [-0.25, -0.2) is 10.3 Å². The summed E-state index contributed by atoms with van der Waals surface area (Å²) in [7, 11) is -4.86. The summed E-state index contributed by atoms with van der Waals surface area (Å²) in [6, 6.07) is -2.81. The molecule has 0 radical (unpaired) electrons. The minimum Gasteiger partial charge on any atom is -0.530 e. The van der Waals surface area contributed by atoms with Gasteiger partial charge in [0, 0.05) is 12.6 Å². The van der Waals surface area contributed by atoms with Crippen LogP contribution in [-0.2, 0) is 24.3 Å². The second-order valence-corrected chi connectivity index (χ2v) is 14.6. The maximum atomic E-state index is 12.4. The minimum absolute atomic E-state index is 0.00917. The second kappa shape index (κ2) is 20.2. The van der Waals surface area contributed by atoms with Crippen LogP contribution in [0.5, 0.6) is 0 Å². The van der Waals surface area contributed by atoms with E-state index >= 15 is 0 Å². The van der Waals surface area contributed by atoms with Crippen molar-refractivity contribution in [3.05, 3.63) is 0 Å². The van der Waals surface area contributed by atoms with Gasteiger partial charge in [-0.3, -0.25) is 14.2 Å². The Morgan fingerprint density at radius 2 is 1.48 bits per heavy atom. The summed E-state index contributed by atoms with van der Waals surface area (Å²) in [6.45, 7) is 20.6. The van der Waals surface area contributed by atoms with Crippen molar-refractivity contribution in [2.45, 2.75) is 137 Å². The molecule has 0 aromatic carbocycles. The van der Waals surface area contributed by atoms with Crippen LogP contribution >= 0.6 is 0 Å². The summed E-state index contributed by atoms with van der Waals surface area (Å²) >= 11 is 0. The van der Waals surface area contributed by atoms with E-state index in [4.69, 9.17) is 9.39 Å². The highest BCUT2D eigenvalue weighted by atomic mass is 32.3. The molecule has 2 heterocycles. The smallest absolute Gasteiger partial charge is 0.418 e. The van der Waals surface area contributed by atoms with Crippen molar-refractivity contribution in [2.75, 3.05) is 39.3 Å². The predicted molar refractivity (Wildman–Crippen MR) is 173 cm³/mol. The lowest BCUT2D eigenvalue weighted by molar-refractivity contribution is -0.929. The third-order valence-corrected chi connectivity index (χ3v) is 9.11. The molecule has 3 N–H and O–H groups in total. The first kappa shape index (κ1) is 41.8. The molecule has 0 aliphatic carbocycles. The fraction of sp³-hybridized carbons (Fsp3) is 0.903. The van der Waals surface area contributed by atoms with Crippen molar-refractivity contribution in [3.8, 4) is 0 Å². The number of fused-ring (bicyclic) bond motifs is 2. The summed E-state index contributed by atoms with van der Waals surface area (Å²) in [5.74, 6) is -0.606. The van der Waals surface area contributed by atoms with E-state index in [0.717, 1.165) is 4.90 Å². The summed E-state index contributed by atoms with van der Waals surface area (Å²) < 4.78 is 36.3. The monoisotopic (exact) mass is 679 g/mol. The molecule has 14 nitrogen and oxygen atoms in total. The fourth-order valence-corrected chi connectivity index (χ4v) is 6.37. The first-order valence-electron chi connectivity index (χ1n) is 17.0. The fourth-order valence-electron chi connectivity index (χ4n) is 5.98. The van der Waals surface area contributed by atoms with Crippen LogP contribution in [0.3, 0.4) is 0 Å². The molecule has 3 atom stereocenters. The Balaban J connectivity index is 0.000000533. The maximum absolute atomic E-state index is 12.4. The number of hydrogen-bond acceptors (Lipinski definition) is 8. The van der Waals surface area contributed by atoms with Crippen LogP contribution in [0.25, 0.3) is 0 Å². The average Bonchev–Trinajstić information content (AvgIpc) is 3.20. The molecule has 1 unspecified atom stereocenters. The summed E-state index contributed by atoms with van der Waals surface area (Å²) in [5.41, 5.74) is 1.83. The third kappa shape index (κ3) is 14.7. The van der Waals surface area contributed by atoms with E-state index in [0.29, 0.717) is 5.06 Å². The van der Waals surface area contributed by atoms with Gasteiger partial charge in [-0.15, -0.1) is 4.28 Å². The van der Waals surface area contributed by atoms with Gasteiger partial charge in [-0.2, -0.15) is 13.5 Å². The number of nitrogens with zero attached hydrogens (tertiary/aromatic N) is 3. The number of amides is 4. The van der Waals surface area contributed by atoms with Crippen molar-refractivity contribution in [1.82, 2.24) is 20.8 Å². The van der Waals surface area contributed by atoms with Crippen molar-refractivity contribution in [3.63, 3.8) is 0 Å². The van der Waals surface area contributed by atoms with E-state index in [9.17, 15) is 27.9 Å². The van der Waals surface area contributed by atoms with Crippen LogP contribution in [0, 0.1) is 5.41 Å². The second-order valence-electron chi connectivity index (χ2n) is 13.6. The number of carbonyl (C=O) groups excluding carboxylic acids is 3. The molecule has 2 saturated heterocycles. The number of unbranched alkanes of at least 4 members (excludes halogenated alkanes) is 4. The van der Waals surface area contributed by atoms with Crippen LogP contribution in [0.1, 0.15) is 119 Å². The summed E-state index contributed by atoms with van der Waals surface area (Å²) in [5, 5.41) is 13.6. The molecule has 2 aliphatic rings. The van der Waals surface area contributed by atoms with Gasteiger partial charge in [-0.05, 0) is 50.4 Å². The zero-order valence-electron chi connectivity index (χ0n) is 29.2. The lowest BCUT2D eigenvalue weighted by Gasteiger charge is -2.39. The number of hydroxylamine groups is 3. The minimum atomic E-state index is -4.86. The largest absolute Gasteiger partial charge is 0.530 e. The molecule has 0 aromatic rings. The number of carbonyl (C=O) groups is 3. The van der Waals surface area contributed by atoms with Crippen LogP contribution in [0.2, 0.25) is 0 Å². The van der Waals surface area contributed by atoms with Gasteiger partial charge in [0.2, 0.25) is 0 Å². The Bertz CT molecular complexity index is 1000. The Hall–Kier alpha value is -2.20. The van der Waals surface area contributed by atoms with Gasteiger partial charge in [0.15, 0.2) is 0 Å². The average molecular weight is 680 g/mol. The number of piperidine rings is 1. The van der Waals surface area contributed by atoms with Gasteiger partial charge in [-0.1, -0.05) is 74.1 Å². The molecule has 15 heteroatoms. The molecule has 0 aromatic heterocycles. The lowest BCUT2D eigenvalue weighted by Crippen LogP contribution is -2.51. The normalized spacial score (nSPS) is 19.0. The molecule has 2 rings (SSSR count). The zero-order chi connectivity index (χ0) is 35.0.